The van der Waals surface area contributed by atoms with Crippen molar-refractivity contribution in [2.24, 2.45) is 4.99 Å². The van der Waals surface area contributed by atoms with Gasteiger partial charge in [0, 0.05) is 20.1 Å². The van der Waals surface area contributed by atoms with Crippen LogP contribution in [0.1, 0.15) is 24.5 Å². The van der Waals surface area contributed by atoms with Crippen LogP contribution in [-0.4, -0.2) is 33.3 Å². The first-order valence-electron chi connectivity index (χ1n) is 9.15. The maximum Gasteiger partial charge on any atom is 0.191 e. The molecule has 0 aromatic heterocycles. The molecule has 0 amide bonds. The summed E-state index contributed by atoms with van der Waals surface area (Å²) in [6.07, 6.45) is 1.53. The third-order valence-electron chi connectivity index (χ3n) is 4.02. The Balaban J connectivity index is 0.00000392. The maximum atomic E-state index is 13.7. The first-order valence-corrected chi connectivity index (χ1v) is 9.15. The second-order valence-electron chi connectivity index (χ2n) is 6.03. The lowest BCUT2D eigenvalue weighted by Gasteiger charge is -2.14. The summed E-state index contributed by atoms with van der Waals surface area (Å²) in [6.45, 7) is 3.90. The summed E-state index contributed by atoms with van der Waals surface area (Å²) < 4.78 is 24.7. The van der Waals surface area contributed by atoms with Gasteiger partial charge in [0.1, 0.15) is 5.82 Å². The molecule has 154 valence electrons. The Kier molecular flexibility index (Phi) is 11.3. The lowest BCUT2D eigenvalue weighted by molar-refractivity contribution is 0.294. The van der Waals surface area contributed by atoms with Gasteiger partial charge in [0.15, 0.2) is 17.5 Å². The Morgan fingerprint density at radius 2 is 1.89 bits per heavy atom. The normalized spacial score (nSPS) is 10.8. The fraction of sp³-hybridized carbons (Fsp3) is 0.381. The average molecular weight is 501 g/mol. The summed E-state index contributed by atoms with van der Waals surface area (Å²) in [4.78, 5) is 4.20. The van der Waals surface area contributed by atoms with Crippen LogP contribution in [0.4, 0.5) is 4.39 Å². The molecule has 0 spiro atoms. The lowest BCUT2D eigenvalue weighted by atomic mass is 10.1. The number of guanidine groups is 1. The second-order valence-corrected chi connectivity index (χ2v) is 6.03. The van der Waals surface area contributed by atoms with Gasteiger partial charge in [-0.3, -0.25) is 4.99 Å². The van der Waals surface area contributed by atoms with Gasteiger partial charge in [0.05, 0.1) is 13.7 Å². The highest BCUT2D eigenvalue weighted by Crippen LogP contribution is 2.28. The van der Waals surface area contributed by atoms with Gasteiger partial charge in [-0.1, -0.05) is 31.2 Å². The predicted octanol–water partition coefficient (Wildman–Crippen LogP) is 4.15. The zero-order valence-corrected chi connectivity index (χ0v) is 19.0. The van der Waals surface area contributed by atoms with E-state index in [1.807, 2.05) is 24.3 Å². The molecule has 0 saturated heterocycles. The molecule has 0 aliphatic carbocycles. The summed E-state index contributed by atoms with van der Waals surface area (Å²) in [7, 11) is 3.34. The van der Waals surface area contributed by atoms with Gasteiger partial charge in [0.25, 0.3) is 0 Å². The molecule has 0 saturated carbocycles. The van der Waals surface area contributed by atoms with Crippen molar-refractivity contribution in [2.45, 2.75) is 26.3 Å². The number of benzene rings is 2. The minimum absolute atomic E-state index is 0. The molecule has 0 heterocycles. The number of hydrogen-bond acceptors (Lipinski definition) is 3. The Labute approximate surface area is 183 Å². The fourth-order valence-corrected chi connectivity index (χ4v) is 2.58. The van der Waals surface area contributed by atoms with Crippen molar-refractivity contribution in [3.05, 3.63) is 59.4 Å². The van der Waals surface area contributed by atoms with E-state index < -0.39 is 0 Å². The molecular formula is C21H29FIN3O2. The first kappa shape index (κ1) is 24.0. The van der Waals surface area contributed by atoms with Crippen LogP contribution in [0.3, 0.4) is 0 Å². The van der Waals surface area contributed by atoms with Crippen LogP contribution in [-0.2, 0) is 13.0 Å². The standard InChI is InChI=1S/C21H28FN3O2.HI/c1-4-13-27-19-10-9-16(14-20(19)26-3)15-25-21(23-2)24-12-11-17-7-5-6-8-18(17)22;/h5-10,14H,4,11-13,15H2,1-3H3,(H2,23,24,25);1H. The van der Waals surface area contributed by atoms with Gasteiger partial charge < -0.3 is 20.1 Å². The van der Waals surface area contributed by atoms with Crippen molar-refractivity contribution in [1.82, 2.24) is 10.6 Å². The Bertz CT molecular complexity index is 756. The number of hydrogen-bond donors (Lipinski definition) is 2. The van der Waals surface area contributed by atoms with Crippen LogP contribution in [0.25, 0.3) is 0 Å². The van der Waals surface area contributed by atoms with Gasteiger partial charge in [-0.2, -0.15) is 0 Å². The van der Waals surface area contributed by atoms with Gasteiger partial charge in [-0.05, 0) is 42.2 Å². The molecule has 2 N–H and O–H groups in total. The summed E-state index contributed by atoms with van der Waals surface area (Å²) >= 11 is 0. The van der Waals surface area contributed by atoms with Crippen LogP contribution >= 0.6 is 24.0 Å². The number of aliphatic imine (C=N–C) groups is 1. The highest BCUT2D eigenvalue weighted by Gasteiger charge is 2.07. The summed E-state index contributed by atoms with van der Waals surface area (Å²) in [6, 6.07) is 12.7. The molecule has 0 unspecified atom stereocenters. The van der Waals surface area contributed by atoms with E-state index in [1.54, 1.807) is 26.3 Å². The molecule has 2 aromatic carbocycles. The van der Waals surface area contributed by atoms with E-state index in [-0.39, 0.29) is 29.8 Å². The van der Waals surface area contributed by atoms with Crippen LogP contribution in [0.2, 0.25) is 0 Å². The van der Waals surface area contributed by atoms with E-state index in [1.165, 1.54) is 6.07 Å². The quantitative estimate of drug-likeness (QED) is 0.308. The number of nitrogens with zero attached hydrogens (tertiary/aromatic N) is 1. The van der Waals surface area contributed by atoms with E-state index in [9.17, 15) is 4.39 Å². The molecular weight excluding hydrogens is 472 g/mol. The third-order valence-corrected chi connectivity index (χ3v) is 4.02. The molecule has 5 nitrogen and oxygen atoms in total. The second kappa shape index (κ2) is 13.2. The van der Waals surface area contributed by atoms with Gasteiger partial charge in [-0.15, -0.1) is 24.0 Å². The number of halogens is 2. The molecule has 0 fully saturated rings. The molecule has 0 bridgehead atoms. The summed E-state index contributed by atoms with van der Waals surface area (Å²) in [5.41, 5.74) is 1.74. The molecule has 0 aliphatic rings. The molecule has 2 rings (SSSR count). The Hall–Kier alpha value is -2.03. The topological polar surface area (TPSA) is 54.9 Å². The average Bonchev–Trinajstić information content (AvgIpc) is 2.70. The van der Waals surface area contributed by atoms with E-state index in [2.05, 4.69) is 22.5 Å². The van der Waals surface area contributed by atoms with Crippen molar-refractivity contribution in [2.75, 3.05) is 27.3 Å². The molecule has 0 atom stereocenters. The van der Waals surface area contributed by atoms with Crippen molar-refractivity contribution in [3.63, 3.8) is 0 Å². The van der Waals surface area contributed by atoms with Crippen LogP contribution in [0.5, 0.6) is 11.5 Å². The van der Waals surface area contributed by atoms with Crippen molar-refractivity contribution in [3.8, 4) is 11.5 Å². The number of ether oxygens (including phenoxy) is 2. The zero-order chi connectivity index (χ0) is 19.5. The predicted molar refractivity (Wildman–Crippen MR) is 123 cm³/mol. The van der Waals surface area contributed by atoms with Crippen LogP contribution in [0.15, 0.2) is 47.5 Å². The van der Waals surface area contributed by atoms with Crippen molar-refractivity contribution in [1.29, 1.82) is 0 Å². The lowest BCUT2D eigenvalue weighted by Crippen LogP contribution is -2.37. The molecule has 0 radical (unpaired) electrons. The van der Waals surface area contributed by atoms with Gasteiger partial charge in [0.2, 0.25) is 0 Å². The SMILES string of the molecule is CCCOc1ccc(CNC(=NC)NCCc2ccccc2F)cc1OC.I. The minimum Gasteiger partial charge on any atom is -0.493 e. The van der Waals surface area contributed by atoms with E-state index in [4.69, 9.17) is 9.47 Å². The Morgan fingerprint density at radius 1 is 1.11 bits per heavy atom. The van der Waals surface area contributed by atoms with E-state index in [0.717, 1.165) is 17.7 Å². The molecule has 7 heteroatoms. The fourth-order valence-electron chi connectivity index (χ4n) is 2.58. The van der Waals surface area contributed by atoms with Gasteiger partial charge >= 0.3 is 0 Å². The summed E-state index contributed by atoms with van der Waals surface area (Å²) in [5, 5.41) is 6.45. The molecule has 0 aliphatic heterocycles. The van der Waals surface area contributed by atoms with E-state index in [0.29, 0.717) is 43.4 Å². The minimum atomic E-state index is -0.181. The van der Waals surface area contributed by atoms with Crippen LogP contribution in [0, 0.1) is 5.82 Å². The number of rotatable bonds is 9. The molecule has 2 aromatic rings. The maximum absolute atomic E-state index is 13.7. The van der Waals surface area contributed by atoms with Gasteiger partial charge in [-0.25, -0.2) is 4.39 Å². The highest BCUT2D eigenvalue weighted by molar-refractivity contribution is 14.0. The summed E-state index contributed by atoms with van der Waals surface area (Å²) in [5.74, 6) is 1.94. The highest BCUT2D eigenvalue weighted by atomic mass is 127. The number of nitrogens with one attached hydrogen (secondary N) is 2. The third kappa shape index (κ3) is 7.53. The van der Waals surface area contributed by atoms with Crippen molar-refractivity contribution < 1.29 is 13.9 Å². The van der Waals surface area contributed by atoms with Crippen LogP contribution < -0.4 is 20.1 Å². The molecule has 28 heavy (non-hydrogen) atoms. The largest absolute Gasteiger partial charge is 0.493 e. The number of methoxy groups -OCH3 is 1. The monoisotopic (exact) mass is 501 g/mol. The smallest absolute Gasteiger partial charge is 0.191 e. The zero-order valence-electron chi connectivity index (χ0n) is 16.6. The van der Waals surface area contributed by atoms with Crippen molar-refractivity contribution >= 4 is 29.9 Å². The first-order chi connectivity index (χ1) is 13.2. The Morgan fingerprint density at radius 3 is 2.57 bits per heavy atom. The van der Waals surface area contributed by atoms with E-state index >= 15 is 0 Å².